The van der Waals surface area contributed by atoms with Crippen molar-refractivity contribution in [3.05, 3.63) is 53.5 Å². The van der Waals surface area contributed by atoms with E-state index >= 15 is 0 Å². The van der Waals surface area contributed by atoms with Crippen LogP contribution in [0, 0.1) is 0 Å². The molecule has 0 radical (unpaired) electrons. The fourth-order valence-electron chi connectivity index (χ4n) is 2.22. The normalized spacial score (nSPS) is 10.6. The van der Waals surface area contributed by atoms with Crippen LogP contribution in [0.25, 0.3) is 0 Å². The molecule has 0 aliphatic carbocycles. The summed E-state index contributed by atoms with van der Waals surface area (Å²) < 4.78 is 7.95. The maximum atomic E-state index is 12.4. The molecule has 10 heteroatoms. The Morgan fingerprint density at radius 3 is 2.84 bits per heavy atom. The van der Waals surface area contributed by atoms with Crippen molar-refractivity contribution in [2.24, 2.45) is 7.05 Å². The molecular formula is C15H15ClN6O3. The summed E-state index contributed by atoms with van der Waals surface area (Å²) in [4.78, 5) is 24.5. The molecule has 3 aromatic heterocycles. The zero-order chi connectivity index (χ0) is 17.8. The Balaban J connectivity index is 1.66. The maximum absolute atomic E-state index is 12.4. The number of anilines is 1. The first-order chi connectivity index (χ1) is 12.0. The lowest BCUT2D eigenvalue weighted by Crippen LogP contribution is -2.27. The lowest BCUT2D eigenvalue weighted by Gasteiger charge is -2.08. The Hall–Kier alpha value is -3.07. The summed E-state index contributed by atoms with van der Waals surface area (Å²) in [6, 6.07) is 3.49. The van der Waals surface area contributed by atoms with Gasteiger partial charge in [0.05, 0.1) is 35.9 Å². The van der Waals surface area contributed by atoms with Gasteiger partial charge >= 0.3 is 0 Å². The lowest BCUT2D eigenvalue weighted by atomic mass is 10.3. The van der Waals surface area contributed by atoms with Gasteiger partial charge in [-0.1, -0.05) is 11.6 Å². The van der Waals surface area contributed by atoms with Gasteiger partial charge in [0.25, 0.3) is 5.91 Å². The van der Waals surface area contributed by atoms with Crippen LogP contribution in [-0.4, -0.2) is 31.4 Å². The molecule has 0 aliphatic rings. The van der Waals surface area contributed by atoms with Crippen LogP contribution in [0.2, 0.25) is 5.02 Å². The molecule has 3 rings (SSSR count). The Bertz CT molecular complexity index is 883. The number of nitrogens with zero attached hydrogens (tertiary/aromatic N) is 4. The van der Waals surface area contributed by atoms with E-state index in [1.54, 1.807) is 19.2 Å². The first-order valence-corrected chi connectivity index (χ1v) is 7.71. The summed E-state index contributed by atoms with van der Waals surface area (Å²) in [7, 11) is 1.62. The SMILES string of the molecule is Cn1ncc(NC(=O)Cn2cc(Cl)cn2)c1C(=O)NCc1ccco1. The molecule has 0 saturated carbocycles. The summed E-state index contributed by atoms with van der Waals surface area (Å²) in [6.45, 7) is 0.200. The number of amides is 2. The van der Waals surface area contributed by atoms with Crippen molar-refractivity contribution >= 4 is 29.1 Å². The van der Waals surface area contributed by atoms with Crippen molar-refractivity contribution in [1.29, 1.82) is 0 Å². The molecule has 3 aromatic rings. The van der Waals surface area contributed by atoms with E-state index in [-0.39, 0.29) is 30.6 Å². The van der Waals surface area contributed by atoms with Crippen molar-refractivity contribution in [3.63, 3.8) is 0 Å². The molecule has 0 unspecified atom stereocenters. The third kappa shape index (κ3) is 4.07. The molecule has 3 heterocycles. The van der Waals surface area contributed by atoms with Crippen LogP contribution in [0.4, 0.5) is 5.69 Å². The van der Waals surface area contributed by atoms with E-state index in [4.69, 9.17) is 16.0 Å². The van der Waals surface area contributed by atoms with E-state index in [1.807, 2.05) is 0 Å². The van der Waals surface area contributed by atoms with E-state index < -0.39 is 0 Å². The zero-order valence-electron chi connectivity index (χ0n) is 13.3. The second kappa shape index (κ2) is 7.22. The van der Waals surface area contributed by atoms with Crippen molar-refractivity contribution in [1.82, 2.24) is 24.9 Å². The van der Waals surface area contributed by atoms with E-state index in [0.29, 0.717) is 16.5 Å². The molecule has 9 nitrogen and oxygen atoms in total. The number of aryl methyl sites for hydroxylation is 1. The van der Waals surface area contributed by atoms with E-state index in [0.717, 1.165) is 0 Å². The Labute approximate surface area is 147 Å². The average molecular weight is 363 g/mol. The average Bonchev–Trinajstić information content (AvgIpc) is 3.28. The molecule has 25 heavy (non-hydrogen) atoms. The number of nitrogens with one attached hydrogen (secondary N) is 2. The number of carbonyl (C=O) groups excluding carboxylic acids is 2. The summed E-state index contributed by atoms with van der Waals surface area (Å²) in [5, 5.41) is 13.8. The van der Waals surface area contributed by atoms with Gasteiger partial charge in [-0.2, -0.15) is 10.2 Å². The van der Waals surface area contributed by atoms with Gasteiger partial charge in [0, 0.05) is 13.2 Å². The Kier molecular flexibility index (Phi) is 4.85. The van der Waals surface area contributed by atoms with Crippen LogP contribution in [0.1, 0.15) is 16.2 Å². The molecule has 2 N–H and O–H groups in total. The van der Waals surface area contributed by atoms with Gasteiger partial charge in [-0.25, -0.2) is 0 Å². The molecule has 0 aromatic carbocycles. The summed E-state index contributed by atoms with van der Waals surface area (Å²) in [5.41, 5.74) is 0.543. The fraction of sp³-hybridized carbons (Fsp3) is 0.200. The first kappa shape index (κ1) is 16.8. The van der Waals surface area contributed by atoms with Gasteiger partial charge in [-0.15, -0.1) is 0 Å². The van der Waals surface area contributed by atoms with Crippen molar-refractivity contribution in [3.8, 4) is 0 Å². The number of halogens is 1. The monoisotopic (exact) mass is 362 g/mol. The van der Waals surface area contributed by atoms with Crippen LogP contribution in [0.3, 0.4) is 0 Å². The summed E-state index contributed by atoms with van der Waals surface area (Å²) >= 11 is 5.76. The number of aromatic nitrogens is 4. The molecule has 2 amide bonds. The molecule has 0 aliphatic heterocycles. The van der Waals surface area contributed by atoms with Gasteiger partial charge in [0.1, 0.15) is 18.0 Å². The largest absolute Gasteiger partial charge is 0.467 e. The van der Waals surface area contributed by atoms with E-state index in [9.17, 15) is 9.59 Å². The lowest BCUT2D eigenvalue weighted by molar-refractivity contribution is -0.116. The van der Waals surface area contributed by atoms with E-state index in [2.05, 4.69) is 20.8 Å². The molecule has 0 atom stereocenters. The van der Waals surface area contributed by atoms with Gasteiger partial charge in [0.2, 0.25) is 5.91 Å². The van der Waals surface area contributed by atoms with Crippen molar-refractivity contribution in [2.45, 2.75) is 13.1 Å². The standard InChI is InChI=1S/C15H15ClN6O3/c1-21-14(15(24)17-6-11-3-2-4-25-11)12(7-18-21)20-13(23)9-22-8-10(16)5-19-22/h2-5,7-8H,6,9H2,1H3,(H,17,24)(H,20,23). The second-order valence-corrected chi connectivity index (χ2v) is 5.63. The highest BCUT2D eigenvalue weighted by molar-refractivity contribution is 6.30. The van der Waals surface area contributed by atoms with Crippen LogP contribution in [0.15, 0.2) is 41.4 Å². The van der Waals surface area contributed by atoms with Crippen LogP contribution >= 0.6 is 11.6 Å². The van der Waals surface area contributed by atoms with E-state index in [1.165, 1.54) is 34.2 Å². The van der Waals surface area contributed by atoms with Crippen LogP contribution < -0.4 is 10.6 Å². The molecule has 130 valence electrons. The van der Waals surface area contributed by atoms with Crippen LogP contribution in [-0.2, 0) is 24.9 Å². The summed E-state index contributed by atoms with van der Waals surface area (Å²) in [6.07, 6.45) is 5.91. The fourth-order valence-corrected chi connectivity index (χ4v) is 2.38. The predicted octanol–water partition coefficient (Wildman–Crippen LogP) is 1.43. The van der Waals surface area contributed by atoms with Crippen molar-refractivity contribution < 1.29 is 14.0 Å². The smallest absolute Gasteiger partial charge is 0.272 e. The summed E-state index contributed by atoms with van der Waals surface area (Å²) in [5.74, 6) is -0.113. The Morgan fingerprint density at radius 1 is 1.32 bits per heavy atom. The topological polar surface area (TPSA) is 107 Å². The minimum absolute atomic E-state index is 0.0327. The molecule has 0 spiro atoms. The number of hydrogen-bond donors (Lipinski definition) is 2. The number of furan rings is 1. The highest BCUT2D eigenvalue weighted by atomic mass is 35.5. The highest BCUT2D eigenvalue weighted by Crippen LogP contribution is 2.15. The first-order valence-electron chi connectivity index (χ1n) is 7.33. The number of rotatable bonds is 6. The third-order valence-corrected chi connectivity index (χ3v) is 3.53. The highest BCUT2D eigenvalue weighted by Gasteiger charge is 2.19. The quantitative estimate of drug-likeness (QED) is 0.689. The van der Waals surface area contributed by atoms with Gasteiger partial charge in [-0.3, -0.25) is 19.0 Å². The predicted molar refractivity (Wildman–Crippen MR) is 89.0 cm³/mol. The minimum atomic E-state index is -0.381. The van der Waals surface area contributed by atoms with Gasteiger partial charge < -0.3 is 15.1 Å². The van der Waals surface area contributed by atoms with Crippen LogP contribution in [0.5, 0.6) is 0 Å². The van der Waals surface area contributed by atoms with Gasteiger partial charge in [-0.05, 0) is 12.1 Å². The second-order valence-electron chi connectivity index (χ2n) is 5.20. The number of hydrogen-bond acceptors (Lipinski definition) is 5. The zero-order valence-corrected chi connectivity index (χ0v) is 14.0. The maximum Gasteiger partial charge on any atom is 0.272 e. The minimum Gasteiger partial charge on any atom is -0.467 e. The van der Waals surface area contributed by atoms with Gasteiger partial charge in [0.15, 0.2) is 0 Å². The third-order valence-electron chi connectivity index (χ3n) is 3.34. The molecule has 0 fully saturated rings. The number of carbonyl (C=O) groups is 2. The molecule has 0 bridgehead atoms. The van der Waals surface area contributed by atoms with Crippen molar-refractivity contribution in [2.75, 3.05) is 5.32 Å². The molecular weight excluding hydrogens is 348 g/mol. The molecule has 0 saturated heterocycles. The Morgan fingerprint density at radius 2 is 2.16 bits per heavy atom.